The smallest absolute Gasteiger partial charge is 0.333 e. The minimum atomic E-state index is -1.61. The van der Waals surface area contributed by atoms with Crippen LogP contribution in [-0.2, 0) is 10.3 Å². The van der Waals surface area contributed by atoms with E-state index in [9.17, 15) is 14.7 Å². The summed E-state index contributed by atoms with van der Waals surface area (Å²) in [7, 11) is 1.39. The molecule has 1 unspecified atom stereocenters. The fraction of sp³-hybridized carbons (Fsp3) is 0.188. The highest BCUT2D eigenvalue weighted by atomic mass is 79.9. The Kier molecular flexibility index (Phi) is 5.61. The SMILES string of the molecule is COc1nccc(Br)c1C(=O)NC(C)(C(=O)O)c1ccc(Br)cc1. The first-order chi connectivity index (χ1) is 11.3. The molecule has 1 atom stereocenters. The van der Waals surface area contributed by atoms with Crippen molar-refractivity contribution in [3.8, 4) is 5.88 Å². The molecule has 0 aliphatic heterocycles. The molecular formula is C16H14Br2N2O4. The predicted molar refractivity (Wildman–Crippen MR) is 95.1 cm³/mol. The molecule has 0 saturated carbocycles. The number of hydrogen-bond donors (Lipinski definition) is 2. The zero-order valence-corrected chi connectivity index (χ0v) is 16.0. The first-order valence-corrected chi connectivity index (χ1v) is 8.38. The van der Waals surface area contributed by atoms with E-state index in [0.717, 1.165) is 4.47 Å². The average molecular weight is 458 g/mol. The highest BCUT2D eigenvalue weighted by Crippen LogP contribution is 2.28. The normalized spacial score (nSPS) is 13.0. The van der Waals surface area contributed by atoms with E-state index in [1.807, 2.05) is 0 Å². The van der Waals surface area contributed by atoms with Crippen LogP contribution in [0.2, 0.25) is 0 Å². The number of carboxylic acids is 1. The Bertz CT molecular complexity index is 780. The molecule has 0 spiro atoms. The third-order valence-electron chi connectivity index (χ3n) is 3.50. The van der Waals surface area contributed by atoms with Crippen LogP contribution in [0.3, 0.4) is 0 Å². The lowest BCUT2D eigenvalue weighted by Crippen LogP contribution is -2.49. The van der Waals surface area contributed by atoms with Crippen LogP contribution < -0.4 is 10.1 Å². The van der Waals surface area contributed by atoms with Gasteiger partial charge in [-0.2, -0.15) is 0 Å². The first kappa shape index (κ1) is 18.4. The van der Waals surface area contributed by atoms with Crippen molar-refractivity contribution >= 4 is 43.7 Å². The second-order valence-electron chi connectivity index (χ2n) is 5.07. The van der Waals surface area contributed by atoms with Gasteiger partial charge in [-0.3, -0.25) is 4.79 Å². The number of pyridine rings is 1. The molecule has 0 radical (unpaired) electrons. The standard InChI is InChI=1S/C16H14Br2N2O4/c1-16(15(22)23,9-3-5-10(17)6-4-9)20-13(21)12-11(18)7-8-19-14(12)24-2/h3-8H,1-2H3,(H,20,21)(H,22,23). The molecule has 0 bridgehead atoms. The van der Waals surface area contributed by atoms with Gasteiger partial charge in [0.15, 0.2) is 5.54 Å². The summed E-state index contributed by atoms with van der Waals surface area (Å²) in [4.78, 5) is 28.5. The van der Waals surface area contributed by atoms with Gasteiger partial charge in [0.1, 0.15) is 5.56 Å². The van der Waals surface area contributed by atoms with E-state index < -0.39 is 17.4 Å². The minimum Gasteiger partial charge on any atom is -0.480 e. The fourth-order valence-corrected chi connectivity index (χ4v) is 2.83. The molecule has 0 aliphatic carbocycles. The van der Waals surface area contributed by atoms with Crippen molar-refractivity contribution in [2.75, 3.05) is 7.11 Å². The third kappa shape index (κ3) is 3.59. The molecule has 1 aromatic heterocycles. The van der Waals surface area contributed by atoms with Crippen LogP contribution in [0.4, 0.5) is 0 Å². The zero-order chi connectivity index (χ0) is 17.9. The van der Waals surface area contributed by atoms with Gasteiger partial charge in [-0.15, -0.1) is 0 Å². The van der Waals surface area contributed by atoms with E-state index in [2.05, 4.69) is 42.2 Å². The maximum absolute atomic E-state index is 12.7. The summed E-state index contributed by atoms with van der Waals surface area (Å²) in [5.41, 5.74) is -1.05. The molecule has 1 heterocycles. The summed E-state index contributed by atoms with van der Waals surface area (Å²) in [6.07, 6.45) is 1.48. The van der Waals surface area contributed by atoms with Crippen molar-refractivity contribution in [2.24, 2.45) is 0 Å². The van der Waals surface area contributed by atoms with Crippen LogP contribution in [0.25, 0.3) is 0 Å². The van der Waals surface area contributed by atoms with Crippen molar-refractivity contribution in [3.63, 3.8) is 0 Å². The van der Waals surface area contributed by atoms with Gasteiger partial charge in [0.2, 0.25) is 5.88 Å². The number of hydrogen-bond acceptors (Lipinski definition) is 4. The number of halogens is 2. The van der Waals surface area contributed by atoms with Crippen LogP contribution >= 0.6 is 31.9 Å². The Morgan fingerprint density at radius 3 is 2.38 bits per heavy atom. The Morgan fingerprint density at radius 1 is 1.21 bits per heavy atom. The number of nitrogens with zero attached hydrogens (tertiary/aromatic N) is 1. The lowest BCUT2D eigenvalue weighted by molar-refractivity contribution is -0.144. The number of methoxy groups -OCH3 is 1. The van der Waals surface area contributed by atoms with Gasteiger partial charge in [-0.05, 0) is 46.6 Å². The summed E-state index contributed by atoms with van der Waals surface area (Å²) < 4.78 is 6.35. The molecule has 1 aromatic carbocycles. The molecule has 0 saturated heterocycles. The van der Waals surface area contributed by atoms with E-state index in [1.54, 1.807) is 30.3 Å². The summed E-state index contributed by atoms with van der Waals surface area (Å²) in [6, 6.07) is 8.27. The van der Waals surface area contributed by atoms with Crippen molar-refractivity contribution in [3.05, 3.63) is 56.6 Å². The average Bonchev–Trinajstić information content (AvgIpc) is 2.54. The second-order valence-corrected chi connectivity index (χ2v) is 6.84. The molecule has 24 heavy (non-hydrogen) atoms. The van der Waals surface area contributed by atoms with Crippen LogP contribution in [0, 0.1) is 0 Å². The van der Waals surface area contributed by atoms with Crippen molar-refractivity contribution in [1.82, 2.24) is 10.3 Å². The number of amides is 1. The zero-order valence-electron chi connectivity index (χ0n) is 12.8. The number of ether oxygens (including phenoxy) is 1. The molecule has 2 N–H and O–H groups in total. The Balaban J connectivity index is 2.44. The van der Waals surface area contributed by atoms with Gasteiger partial charge in [0, 0.05) is 15.1 Å². The highest BCUT2D eigenvalue weighted by molar-refractivity contribution is 9.10. The first-order valence-electron chi connectivity index (χ1n) is 6.80. The van der Waals surface area contributed by atoms with Gasteiger partial charge < -0.3 is 15.2 Å². The number of carboxylic acid groups (broad SMARTS) is 1. The van der Waals surface area contributed by atoms with Gasteiger partial charge in [0.25, 0.3) is 5.91 Å². The van der Waals surface area contributed by atoms with Crippen LogP contribution in [0.1, 0.15) is 22.8 Å². The Hall–Kier alpha value is -1.93. The summed E-state index contributed by atoms with van der Waals surface area (Å²) in [6.45, 7) is 1.42. The van der Waals surface area contributed by atoms with Gasteiger partial charge in [-0.25, -0.2) is 9.78 Å². The van der Waals surface area contributed by atoms with E-state index in [4.69, 9.17) is 4.74 Å². The molecule has 1 amide bonds. The molecule has 8 heteroatoms. The Labute approximate surface area is 155 Å². The monoisotopic (exact) mass is 456 g/mol. The van der Waals surface area contributed by atoms with E-state index in [1.165, 1.54) is 20.2 Å². The quantitative estimate of drug-likeness (QED) is 0.718. The van der Waals surface area contributed by atoms with E-state index in [-0.39, 0.29) is 11.4 Å². The number of rotatable bonds is 5. The predicted octanol–water partition coefficient (Wildman–Crippen LogP) is 3.35. The van der Waals surface area contributed by atoms with Gasteiger partial charge >= 0.3 is 5.97 Å². The van der Waals surface area contributed by atoms with E-state index in [0.29, 0.717) is 10.0 Å². The minimum absolute atomic E-state index is 0.102. The summed E-state index contributed by atoms with van der Waals surface area (Å²) in [5, 5.41) is 12.2. The number of carbonyl (C=O) groups is 2. The third-order valence-corrected chi connectivity index (χ3v) is 4.69. The van der Waals surface area contributed by atoms with Crippen molar-refractivity contribution in [1.29, 1.82) is 0 Å². The number of benzene rings is 1. The van der Waals surface area contributed by atoms with Crippen LogP contribution in [-0.4, -0.2) is 29.1 Å². The summed E-state index contributed by atoms with van der Waals surface area (Å²) >= 11 is 6.56. The fourth-order valence-electron chi connectivity index (χ4n) is 2.10. The molecule has 0 aliphatic rings. The van der Waals surface area contributed by atoms with Crippen LogP contribution in [0.5, 0.6) is 5.88 Å². The number of aromatic nitrogens is 1. The molecule has 0 fully saturated rings. The highest BCUT2D eigenvalue weighted by Gasteiger charge is 2.38. The largest absolute Gasteiger partial charge is 0.480 e. The van der Waals surface area contributed by atoms with Gasteiger partial charge in [0.05, 0.1) is 7.11 Å². The molecular weight excluding hydrogens is 444 g/mol. The molecule has 126 valence electrons. The lowest BCUT2D eigenvalue weighted by Gasteiger charge is -2.27. The second kappa shape index (κ2) is 7.31. The molecule has 2 rings (SSSR count). The number of aliphatic carboxylic acids is 1. The van der Waals surface area contributed by atoms with Crippen molar-refractivity contribution < 1.29 is 19.4 Å². The number of nitrogens with one attached hydrogen (secondary N) is 1. The topological polar surface area (TPSA) is 88.5 Å². The summed E-state index contributed by atoms with van der Waals surface area (Å²) in [5.74, 6) is -1.69. The van der Waals surface area contributed by atoms with Crippen LogP contribution in [0.15, 0.2) is 45.5 Å². The maximum atomic E-state index is 12.7. The molecule has 2 aromatic rings. The number of carbonyl (C=O) groups excluding carboxylic acids is 1. The van der Waals surface area contributed by atoms with Crippen molar-refractivity contribution in [2.45, 2.75) is 12.5 Å². The van der Waals surface area contributed by atoms with Gasteiger partial charge in [-0.1, -0.05) is 28.1 Å². The molecule has 6 nitrogen and oxygen atoms in total. The van der Waals surface area contributed by atoms with E-state index >= 15 is 0 Å². The Morgan fingerprint density at radius 2 is 1.83 bits per heavy atom. The maximum Gasteiger partial charge on any atom is 0.333 e. The lowest BCUT2D eigenvalue weighted by atomic mass is 9.91.